The van der Waals surface area contributed by atoms with Crippen LogP contribution in [0.5, 0.6) is 11.5 Å². The predicted molar refractivity (Wildman–Crippen MR) is 137 cm³/mol. The van der Waals surface area contributed by atoms with E-state index in [-0.39, 0.29) is 18.1 Å². The van der Waals surface area contributed by atoms with Crippen LogP contribution in [0.3, 0.4) is 0 Å². The monoisotopic (exact) mass is 464 g/mol. The minimum absolute atomic E-state index is 0.0163. The number of hydrogen-bond acceptors (Lipinski definition) is 5. The molecule has 1 saturated carbocycles. The Morgan fingerprint density at radius 1 is 0.941 bits per heavy atom. The van der Waals surface area contributed by atoms with Crippen molar-refractivity contribution in [2.75, 3.05) is 11.9 Å². The number of carbonyl (C=O) groups excluding carboxylic acids is 1. The van der Waals surface area contributed by atoms with Crippen LogP contribution in [0, 0.1) is 11.8 Å². The van der Waals surface area contributed by atoms with Crippen LogP contribution in [0.2, 0.25) is 0 Å². The van der Waals surface area contributed by atoms with Gasteiger partial charge in [-0.25, -0.2) is 0 Å². The Labute approximate surface area is 204 Å². The highest BCUT2D eigenvalue weighted by Crippen LogP contribution is 2.34. The van der Waals surface area contributed by atoms with Crippen molar-refractivity contribution in [1.29, 1.82) is 0 Å². The molecule has 5 nitrogen and oxygen atoms in total. The molecular formula is C29H40N2O3. The number of benzene rings is 2. The molecule has 5 heteroatoms. The number of hydrogen-bond donors (Lipinski definition) is 2. The average molecular weight is 465 g/mol. The summed E-state index contributed by atoms with van der Waals surface area (Å²) in [7, 11) is 0. The highest BCUT2D eigenvalue weighted by Gasteiger charge is 2.27. The van der Waals surface area contributed by atoms with Crippen LogP contribution in [0.25, 0.3) is 0 Å². The first-order chi connectivity index (χ1) is 16.7. The molecule has 2 aromatic rings. The second kappa shape index (κ2) is 12.3. The van der Waals surface area contributed by atoms with Crippen LogP contribution >= 0.6 is 0 Å². The van der Waals surface area contributed by atoms with Crippen molar-refractivity contribution < 1.29 is 14.3 Å². The predicted octanol–water partition coefficient (Wildman–Crippen LogP) is 6.98. The fraction of sp³-hybridized carbons (Fsp3) is 0.552. The Bertz CT molecular complexity index is 919. The number of carbonyl (C=O) groups is 1. The first kappa shape index (κ1) is 24.6. The van der Waals surface area contributed by atoms with Crippen LogP contribution < -0.4 is 20.1 Å². The van der Waals surface area contributed by atoms with E-state index in [4.69, 9.17) is 9.47 Å². The summed E-state index contributed by atoms with van der Waals surface area (Å²) in [5, 5.41) is 7.09. The smallest absolute Gasteiger partial charge is 0.314 e. The lowest BCUT2D eigenvalue weighted by Gasteiger charge is -2.29. The number of esters is 1. The fourth-order valence-electron chi connectivity index (χ4n) is 5.08. The summed E-state index contributed by atoms with van der Waals surface area (Å²) in [6, 6.07) is 14.1. The summed E-state index contributed by atoms with van der Waals surface area (Å²) in [6.07, 6.45) is 10.5. The molecule has 1 unspecified atom stereocenters. The first-order valence-electron chi connectivity index (χ1n) is 13.2. The number of fused-ring (bicyclic) bond motifs is 1. The van der Waals surface area contributed by atoms with E-state index >= 15 is 0 Å². The summed E-state index contributed by atoms with van der Waals surface area (Å²) in [5.41, 5.74) is 3.44. The molecule has 1 heterocycles. The molecule has 0 radical (unpaired) electrons. The molecule has 184 valence electrons. The molecule has 4 rings (SSSR count). The summed E-state index contributed by atoms with van der Waals surface area (Å²) >= 11 is 0. The second-order valence-corrected chi connectivity index (χ2v) is 9.83. The molecule has 2 N–H and O–H groups in total. The van der Waals surface area contributed by atoms with Gasteiger partial charge in [0.15, 0.2) is 0 Å². The van der Waals surface area contributed by atoms with Gasteiger partial charge in [-0.3, -0.25) is 10.1 Å². The van der Waals surface area contributed by atoms with Gasteiger partial charge in [-0.15, -0.1) is 0 Å². The van der Waals surface area contributed by atoms with Gasteiger partial charge in [0, 0.05) is 12.2 Å². The molecule has 0 aromatic heterocycles. The maximum absolute atomic E-state index is 12.7. The van der Waals surface area contributed by atoms with Crippen molar-refractivity contribution in [1.82, 2.24) is 5.32 Å². The third kappa shape index (κ3) is 6.53. The van der Waals surface area contributed by atoms with Gasteiger partial charge in [0.25, 0.3) is 0 Å². The van der Waals surface area contributed by atoms with Crippen LogP contribution in [0.4, 0.5) is 5.69 Å². The molecule has 34 heavy (non-hydrogen) atoms. The second-order valence-electron chi connectivity index (χ2n) is 9.83. The van der Waals surface area contributed by atoms with E-state index < -0.39 is 0 Å². The van der Waals surface area contributed by atoms with Crippen molar-refractivity contribution >= 4 is 11.7 Å². The Kier molecular flexibility index (Phi) is 8.86. The first-order valence-corrected chi connectivity index (χ1v) is 13.2. The van der Waals surface area contributed by atoms with E-state index in [1.807, 2.05) is 30.3 Å². The van der Waals surface area contributed by atoms with Gasteiger partial charge in [-0.05, 0) is 79.5 Å². The minimum atomic E-state index is -0.0660. The highest BCUT2D eigenvalue weighted by molar-refractivity contribution is 5.75. The topological polar surface area (TPSA) is 59.6 Å². The fourth-order valence-corrected chi connectivity index (χ4v) is 5.08. The Hall–Kier alpha value is -2.53. The van der Waals surface area contributed by atoms with Crippen molar-refractivity contribution in [2.45, 2.75) is 84.3 Å². The van der Waals surface area contributed by atoms with Crippen molar-refractivity contribution in [3.8, 4) is 11.5 Å². The lowest BCUT2D eigenvalue weighted by molar-refractivity contribution is -0.140. The van der Waals surface area contributed by atoms with Crippen molar-refractivity contribution in [2.24, 2.45) is 11.8 Å². The van der Waals surface area contributed by atoms with Gasteiger partial charge < -0.3 is 14.8 Å². The molecule has 2 aliphatic rings. The third-order valence-corrected chi connectivity index (χ3v) is 7.17. The number of ether oxygens (including phenoxy) is 2. The summed E-state index contributed by atoms with van der Waals surface area (Å²) in [4.78, 5) is 12.7. The van der Waals surface area contributed by atoms with Gasteiger partial charge >= 0.3 is 5.97 Å². The third-order valence-electron chi connectivity index (χ3n) is 7.17. The highest BCUT2D eigenvalue weighted by atomic mass is 16.5. The Morgan fingerprint density at radius 2 is 1.71 bits per heavy atom. The Morgan fingerprint density at radius 3 is 2.44 bits per heavy atom. The summed E-state index contributed by atoms with van der Waals surface area (Å²) < 4.78 is 11.5. The standard InChI is InChI=1S/C29H40N2O3/c1-3-5-6-7-21-8-10-23(11-9-21)29(32)34-25-14-12-22(13-15-25)28-30-20-24-19-26(33-18-4-2)16-17-27(24)31-28/h12-17,19,21,23,28,30-31H,3-11,18,20H2,1-2H3/t21-,23-,28?. The largest absolute Gasteiger partial charge is 0.494 e. The summed E-state index contributed by atoms with van der Waals surface area (Å²) in [6.45, 7) is 5.87. The molecule has 1 fully saturated rings. The van der Waals surface area contributed by atoms with E-state index in [0.29, 0.717) is 5.75 Å². The number of nitrogens with one attached hydrogen (secondary N) is 2. The quantitative estimate of drug-likeness (QED) is 0.226. The van der Waals surface area contributed by atoms with E-state index in [1.165, 1.54) is 31.2 Å². The molecule has 1 aliphatic heterocycles. The van der Waals surface area contributed by atoms with Crippen molar-refractivity contribution in [3.63, 3.8) is 0 Å². The Balaban J connectivity index is 1.26. The van der Waals surface area contributed by atoms with Crippen LogP contribution in [0.15, 0.2) is 42.5 Å². The summed E-state index contributed by atoms with van der Waals surface area (Å²) in [5.74, 6) is 2.33. The van der Waals surface area contributed by atoms with Crippen LogP contribution in [-0.4, -0.2) is 12.6 Å². The molecular weight excluding hydrogens is 424 g/mol. The zero-order chi connectivity index (χ0) is 23.8. The zero-order valence-electron chi connectivity index (χ0n) is 20.8. The number of anilines is 1. The normalized spacial score (nSPS) is 21.9. The van der Waals surface area contributed by atoms with Gasteiger partial charge in [0.1, 0.15) is 17.7 Å². The molecule has 2 aromatic carbocycles. The van der Waals surface area contributed by atoms with Gasteiger partial charge in [-0.2, -0.15) is 0 Å². The molecule has 1 atom stereocenters. The maximum Gasteiger partial charge on any atom is 0.314 e. The lowest BCUT2D eigenvalue weighted by atomic mass is 9.80. The van der Waals surface area contributed by atoms with Gasteiger partial charge in [-0.1, -0.05) is 51.7 Å². The molecule has 1 aliphatic carbocycles. The SMILES string of the molecule is CCCCC[C@H]1CC[C@H](C(=O)Oc2ccc(C3NCc4cc(OCCC)ccc4N3)cc2)CC1. The maximum atomic E-state index is 12.7. The van der Waals surface area contributed by atoms with Gasteiger partial charge in [0.05, 0.1) is 12.5 Å². The average Bonchev–Trinajstić information content (AvgIpc) is 2.88. The van der Waals surface area contributed by atoms with Crippen LogP contribution in [0.1, 0.15) is 88.9 Å². The number of unbranched alkanes of at least 4 members (excludes halogenated alkanes) is 2. The minimum Gasteiger partial charge on any atom is -0.494 e. The van der Waals surface area contributed by atoms with E-state index in [1.54, 1.807) is 0 Å². The van der Waals surface area contributed by atoms with Crippen molar-refractivity contribution in [3.05, 3.63) is 53.6 Å². The van der Waals surface area contributed by atoms with E-state index in [0.717, 1.165) is 68.2 Å². The van der Waals surface area contributed by atoms with Crippen LogP contribution in [-0.2, 0) is 11.3 Å². The lowest BCUT2D eigenvalue weighted by Crippen LogP contribution is -2.32. The van der Waals surface area contributed by atoms with Gasteiger partial charge in [0.2, 0.25) is 0 Å². The zero-order valence-corrected chi connectivity index (χ0v) is 20.8. The molecule has 0 bridgehead atoms. The van der Waals surface area contributed by atoms with E-state index in [9.17, 15) is 4.79 Å². The van der Waals surface area contributed by atoms with E-state index in [2.05, 4.69) is 36.6 Å². The number of rotatable bonds is 10. The molecule has 0 amide bonds. The molecule has 0 saturated heterocycles. The molecule has 0 spiro atoms.